The SMILES string of the molecule is O=C(CC1CCC1)NCCc1ncc[nH]1. The molecule has 1 aliphatic carbocycles. The number of H-pyrrole nitrogens is 1. The first kappa shape index (κ1) is 10.2. The third-order valence-electron chi connectivity index (χ3n) is 2.94. The van der Waals surface area contributed by atoms with E-state index in [2.05, 4.69) is 15.3 Å². The first-order valence-electron chi connectivity index (χ1n) is 5.59. The molecular weight excluding hydrogens is 190 g/mol. The van der Waals surface area contributed by atoms with Crippen molar-refractivity contribution in [2.24, 2.45) is 5.92 Å². The molecule has 0 radical (unpaired) electrons. The van der Waals surface area contributed by atoms with Crippen LogP contribution in [0.25, 0.3) is 0 Å². The number of nitrogens with one attached hydrogen (secondary N) is 2. The van der Waals surface area contributed by atoms with Crippen LogP contribution in [0.15, 0.2) is 12.4 Å². The van der Waals surface area contributed by atoms with Crippen molar-refractivity contribution >= 4 is 5.91 Å². The normalized spacial score (nSPS) is 16.0. The monoisotopic (exact) mass is 207 g/mol. The second kappa shape index (κ2) is 4.96. The smallest absolute Gasteiger partial charge is 0.220 e. The Morgan fingerprint density at radius 3 is 3.07 bits per heavy atom. The number of carbonyl (C=O) groups excluding carboxylic acids is 1. The summed E-state index contributed by atoms with van der Waals surface area (Å²) in [6, 6.07) is 0. The van der Waals surface area contributed by atoms with Crippen LogP contribution in [-0.2, 0) is 11.2 Å². The predicted molar refractivity (Wildman–Crippen MR) is 57.3 cm³/mol. The highest BCUT2D eigenvalue weighted by atomic mass is 16.1. The number of aromatic amines is 1. The van der Waals surface area contributed by atoms with Gasteiger partial charge >= 0.3 is 0 Å². The van der Waals surface area contributed by atoms with Crippen molar-refractivity contribution < 1.29 is 4.79 Å². The lowest BCUT2D eigenvalue weighted by atomic mass is 9.83. The Kier molecular flexibility index (Phi) is 3.37. The fourth-order valence-electron chi connectivity index (χ4n) is 1.79. The van der Waals surface area contributed by atoms with Crippen molar-refractivity contribution in [2.75, 3.05) is 6.54 Å². The number of imidazole rings is 1. The summed E-state index contributed by atoms with van der Waals surface area (Å²) in [4.78, 5) is 18.5. The van der Waals surface area contributed by atoms with E-state index in [1.165, 1.54) is 19.3 Å². The maximum atomic E-state index is 11.4. The number of nitrogens with zero attached hydrogens (tertiary/aromatic N) is 1. The van der Waals surface area contributed by atoms with Crippen LogP contribution in [0.3, 0.4) is 0 Å². The van der Waals surface area contributed by atoms with Crippen molar-refractivity contribution in [1.82, 2.24) is 15.3 Å². The molecule has 0 spiro atoms. The third kappa shape index (κ3) is 3.08. The number of hydrogen-bond acceptors (Lipinski definition) is 2. The number of carbonyl (C=O) groups is 1. The lowest BCUT2D eigenvalue weighted by Crippen LogP contribution is -2.29. The lowest BCUT2D eigenvalue weighted by molar-refractivity contribution is -0.122. The Hall–Kier alpha value is -1.32. The van der Waals surface area contributed by atoms with E-state index in [4.69, 9.17) is 0 Å². The Labute approximate surface area is 89.5 Å². The molecule has 1 fully saturated rings. The van der Waals surface area contributed by atoms with Crippen LogP contribution in [0.1, 0.15) is 31.5 Å². The van der Waals surface area contributed by atoms with Gasteiger partial charge in [0.15, 0.2) is 0 Å². The van der Waals surface area contributed by atoms with Gasteiger partial charge in [0.05, 0.1) is 0 Å². The minimum Gasteiger partial charge on any atom is -0.356 e. The van der Waals surface area contributed by atoms with Crippen LogP contribution in [0, 0.1) is 5.92 Å². The Morgan fingerprint density at radius 1 is 1.60 bits per heavy atom. The van der Waals surface area contributed by atoms with E-state index >= 15 is 0 Å². The summed E-state index contributed by atoms with van der Waals surface area (Å²) < 4.78 is 0. The molecule has 2 N–H and O–H groups in total. The zero-order chi connectivity index (χ0) is 10.5. The van der Waals surface area contributed by atoms with E-state index in [1.807, 2.05) is 0 Å². The van der Waals surface area contributed by atoms with E-state index in [1.54, 1.807) is 12.4 Å². The van der Waals surface area contributed by atoms with Gasteiger partial charge in [0.1, 0.15) is 5.82 Å². The summed E-state index contributed by atoms with van der Waals surface area (Å²) in [7, 11) is 0. The van der Waals surface area contributed by atoms with E-state index < -0.39 is 0 Å². The summed E-state index contributed by atoms with van der Waals surface area (Å²) in [5, 5.41) is 2.92. The molecule has 1 aromatic rings. The van der Waals surface area contributed by atoms with Gasteiger partial charge < -0.3 is 10.3 Å². The minimum atomic E-state index is 0.186. The summed E-state index contributed by atoms with van der Waals surface area (Å²) >= 11 is 0. The van der Waals surface area contributed by atoms with Crippen LogP contribution in [0.5, 0.6) is 0 Å². The van der Waals surface area contributed by atoms with Gasteiger partial charge in [0.25, 0.3) is 0 Å². The zero-order valence-electron chi connectivity index (χ0n) is 8.83. The number of amides is 1. The molecule has 15 heavy (non-hydrogen) atoms. The summed E-state index contributed by atoms with van der Waals surface area (Å²) in [6.07, 6.45) is 8.76. The molecule has 0 saturated heterocycles. The average Bonchev–Trinajstić information content (AvgIpc) is 2.64. The largest absolute Gasteiger partial charge is 0.356 e. The molecule has 2 rings (SSSR count). The Balaban J connectivity index is 1.58. The fraction of sp³-hybridized carbons (Fsp3) is 0.636. The Morgan fingerprint density at radius 2 is 2.47 bits per heavy atom. The zero-order valence-corrected chi connectivity index (χ0v) is 8.83. The highest BCUT2D eigenvalue weighted by Gasteiger charge is 2.20. The standard InChI is InChI=1S/C11H17N3O/c15-11(8-9-2-1-3-9)14-5-4-10-12-6-7-13-10/h6-7,9H,1-5,8H2,(H,12,13)(H,14,15). The molecule has 0 aliphatic heterocycles. The van der Waals surface area contributed by atoms with Gasteiger partial charge in [-0.2, -0.15) is 0 Å². The molecule has 4 heteroatoms. The highest BCUT2D eigenvalue weighted by molar-refractivity contribution is 5.76. The van der Waals surface area contributed by atoms with Crippen molar-refractivity contribution in [3.8, 4) is 0 Å². The van der Waals surface area contributed by atoms with Crippen LogP contribution in [0.2, 0.25) is 0 Å². The van der Waals surface area contributed by atoms with Crippen LogP contribution in [-0.4, -0.2) is 22.4 Å². The lowest BCUT2D eigenvalue weighted by Gasteiger charge is -2.24. The third-order valence-corrected chi connectivity index (χ3v) is 2.94. The van der Waals surface area contributed by atoms with Crippen molar-refractivity contribution in [2.45, 2.75) is 32.1 Å². The summed E-state index contributed by atoms with van der Waals surface area (Å²) in [5.41, 5.74) is 0. The van der Waals surface area contributed by atoms with Gasteiger partial charge in [-0.1, -0.05) is 6.42 Å². The van der Waals surface area contributed by atoms with Crippen LogP contribution in [0.4, 0.5) is 0 Å². The molecule has 4 nitrogen and oxygen atoms in total. The van der Waals surface area contributed by atoms with Crippen molar-refractivity contribution in [1.29, 1.82) is 0 Å². The molecule has 0 bridgehead atoms. The van der Waals surface area contributed by atoms with Gasteiger partial charge in [-0.3, -0.25) is 4.79 Å². The van der Waals surface area contributed by atoms with Gasteiger partial charge in [-0.05, 0) is 18.8 Å². The van der Waals surface area contributed by atoms with Crippen LogP contribution < -0.4 is 5.32 Å². The first-order valence-corrected chi connectivity index (χ1v) is 5.59. The topological polar surface area (TPSA) is 57.8 Å². The van der Waals surface area contributed by atoms with Gasteiger partial charge in [0.2, 0.25) is 5.91 Å². The number of aromatic nitrogens is 2. The summed E-state index contributed by atoms with van der Waals surface area (Å²) in [6.45, 7) is 0.680. The van der Waals surface area contributed by atoms with Gasteiger partial charge in [0, 0.05) is 31.8 Å². The van der Waals surface area contributed by atoms with E-state index in [9.17, 15) is 4.79 Å². The second-order valence-corrected chi connectivity index (χ2v) is 4.14. The second-order valence-electron chi connectivity index (χ2n) is 4.14. The van der Waals surface area contributed by atoms with Gasteiger partial charge in [-0.15, -0.1) is 0 Å². The molecule has 1 saturated carbocycles. The summed E-state index contributed by atoms with van der Waals surface area (Å²) in [5.74, 6) is 1.76. The maximum absolute atomic E-state index is 11.4. The highest BCUT2D eigenvalue weighted by Crippen LogP contribution is 2.28. The fourth-order valence-corrected chi connectivity index (χ4v) is 1.79. The maximum Gasteiger partial charge on any atom is 0.220 e. The quantitative estimate of drug-likeness (QED) is 0.763. The minimum absolute atomic E-state index is 0.186. The number of hydrogen-bond donors (Lipinski definition) is 2. The molecule has 1 heterocycles. The molecular formula is C11H17N3O. The Bertz CT molecular complexity index is 304. The van der Waals surface area contributed by atoms with Gasteiger partial charge in [-0.25, -0.2) is 4.98 Å². The molecule has 0 aromatic carbocycles. The predicted octanol–water partition coefficient (Wildman–Crippen LogP) is 1.26. The van der Waals surface area contributed by atoms with E-state index in [0.717, 1.165) is 12.2 Å². The van der Waals surface area contributed by atoms with E-state index in [-0.39, 0.29) is 5.91 Å². The van der Waals surface area contributed by atoms with Crippen molar-refractivity contribution in [3.05, 3.63) is 18.2 Å². The molecule has 0 unspecified atom stereocenters. The van der Waals surface area contributed by atoms with Crippen molar-refractivity contribution in [3.63, 3.8) is 0 Å². The molecule has 1 aromatic heterocycles. The van der Waals surface area contributed by atoms with Crippen LogP contribution >= 0.6 is 0 Å². The molecule has 0 atom stereocenters. The average molecular weight is 207 g/mol. The molecule has 82 valence electrons. The molecule has 1 amide bonds. The number of rotatable bonds is 5. The molecule has 1 aliphatic rings. The first-order chi connectivity index (χ1) is 7.34. The van der Waals surface area contributed by atoms with E-state index in [0.29, 0.717) is 18.9 Å².